The molecule has 0 bridgehead atoms. The van der Waals surface area contributed by atoms with Gasteiger partial charge in [-0.2, -0.15) is 0 Å². The van der Waals surface area contributed by atoms with Crippen LogP contribution in [0.25, 0.3) is 0 Å². The minimum Gasteiger partial charge on any atom is -0.496 e. The average molecular weight is 358 g/mol. The minimum atomic E-state index is -1.08. The van der Waals surface area contributed by atoms with E-state index in [4.69, 9.17) is 9.84 Å². The summed E-state index contributed by atoms with van der Waals surface area (Å²) in [5.41, 5.74) is -0.172. The molecule has 0 saturated carbocycles. The topological polar surface area (TPSA) is 75.6 Å². The molecule has 0 aliphatic heterocycles. The maximum absolute atomic E-state index is 11.9. The van der Waals surface area contributed by atoms with E-state index in [0.717, 1.165) is 10.0 Å². The number of carboxylic acid groups (broad SMARTS) is 1. The molecule has 21 heavy (non-hydrogen) atoms. The van der Waals surface area contributed by atoms with Gasteiger partial charge in [0.2, 0.25) is 5.91 Å². The zero-order valence-electron chi connectivity index (χ0n) is 12.6. The van der Waals surface area contributed by atoms with Gasteiger partial charge in [-0.25, -0.2) is 0 Å². The van der Waals surface area contributed by atoms with Crippen molar-refractivity contribution in [3.63, 3.8) is 0 Å². The molecule has 1 aromatic rings. The molecular weight excluding hydrogens is 338 g/mol. The Kier molecular flexibility index (Phi) is 5.78. The summed E-state index contributed by atoms with van der Waals surface area (Å²) in [6.07, 6.45) is -0.0655. The molecule has 1 aromatic carbocycles. The molecule has 6 heteroatoms. The molecule has 1 atom stereocenters. The fourth-order valence-corrected chi connectivity index (χ4v) is 2.36. The first-order valence-electron chi connectivity index (χ1n) is 6.53. The third kappa shape index (κ3) is 4.74. The number of carbonyl (C=O) groups is 2. The molecule has 0 fully saturated rings. The molecule has 5 nitrogen and oxygen atoms in total. The van der Waals surface area contributed by atoms with E-state index < -0.39 is 11.4 Å². The molecule has 0 aliphatic carbocycles. The second-order valence-corrected chi connectivity index (χ2v) is 6.40. The van der Waals surface area contributed by atoms with E-state index in [1.54, 1.807) is 7.11 Å². The number of carboxylic acids is 1. The van der Waals surface area contributed by atoms with Crippen LogP contribution in [0.1, 0.15) is 38.8 Å². The molecule has 0 heterocycles. The summed E-state index contributed by atoms with van der Waals surface area (Å²) in [5, 5.41) is 11.8. The van der Waals surface area contributed by atoms with Crippen LogP contribution in [0.2, 0.25) is 0 Å². The van der Waals surface area contributed by atoms with Crippen molar-refractivity contribution in [3.05, 3.63) is 28.2 Å². The van der Waals surface area contributed by atoms with Crippen molar-refractivity contribution in [2.75, 3.05) is 7.11 Å². The molecule has 116 valence electrons. The SMILES string of the molecule is COc1ccc(C(C)NC(=O)CC(C)(C)C(=O)O)cc1Br. The molecule has 1 amide bonds. The monoisotopic (exact) mass is 357 g/mol. The first kappa shape index (κ1) is 17.5. The number of rotatable bonds is 6. The lowest BCUT2D eigenvalue weighted by atomic mass is 9.89. The van der Waals surface area contributed by atoms with Gasteiger partial charge >= 0.3 is 5.97 Å². The summed E-state index contributed by atoms with van der Waals surface area (Å²) in [6.45, 7) is 4.91. The van der Waals surface area contributed by atoms with Gasteiger partial charge in [-0.05, 0) is 54.4 Å². The molecule has 1 rings (SSSR count). The van der Waals surface area contributed by atoms with Crippen molar-refractivity contribution >= 4 is 27.8 Å². The second kappa shape index (κ2) is 6.93. The van der Waals surface area contributed by atoms with Crippen LogP contribution in [-0.2, 0) is 9.59 Å². The number of nitrogens with one attached hydrogen (secondary N) is 1. The highest BCUT2D eigenvalue weighted by Crippen LogP contribution is 2.28. The number of amides is 1. The van der Waals surface area contributed by atoms with Gasteiger partial charge in [-0.1, -0.05) is 6.07 Å². The summed E-state index contributed by atoms with van der Waals surface area (Å²) >= 11 is 3.39. The maximum Gasteiger partial charge on any atom is 0.309 e. The fourth-order valence-electron chi connectivity index (χ4n) is 1.80. The number of benzene rings is 1. The van der Waals surface area contributed by atoms with Gasteiger partial charge in [0.15, 0.2) is 0 Å². The molecule has 0 spiro atoms. The lowest BCUT2D eigenvalue weighted by Crippen LogP contribution is -2.34. The van der Waals surface area contributed by atoms with E-state index in [-0.39, 0.29) is 18.4 Å². The summed E-state index contributed by atoms with van der Waals surface area (Å²) in [4.78, 5) is 23.0. The largest absolute Gasteiger partial charge is 0.496 e. The Labute approximate surface area is 132 Å². The molecule has 2 N–H and O–H groups in total. The van der Waals surface area contributed by atoms with Crippen molar-refractivity contribution in [3.8, 4) is 5.75 Å². The number of halogens is 1. The van der Waals surface area contributed by atoms with Crippen molar-refractivity contribution in [2.24, 2.45) is 5.41 Å². The summed E-state index contributed by atoms with van der Waals surface area (Å²) in [7, 11) is 1.58. The number of aliphatic carboxylic acids is 1. The highest BCUT2D eigenvalue weighted by atomic mass is 79.9. The lowest BCUT2D eigenvalue weighted by molar-refractivity contribution is -0.149. The zero-order chi connectivity index (χ0) is 16.2. The third-order valence-electron chi connectivity index (χ3n) is 3.23. The molecule has 0 saturated heterocycles. The Morgan fingerprint density at radius 2 is 2.05 bits per heavy atom. The molecule has 0 radical (unpaired) electrons. The first-order valence-corrected chi connectivity index (χ1v) is 7.33. The number of carbonyl (C=O) groups excluding carboxylic acids is 1. The molecule has 0 aromatic heterocycles. The predicted molar refractivity (Wildman–Crippen MR) is 83.3 cm³/mol. The van der Waals surface area contributed by atoms with E-state index in [0.29, 0.717) is 5.75 Å². The second-order valence-electron chi connectivity index (χ2n) is 5.55. The van der Waals surface area contributed by atoms with E-state index in [9.17, 15) is 9.59 Å². The first-order chi connectivity index (χ1) is 9.67. The van der Waals surface area contributed by atoms with Gasteiger partial charge in [0.1, 0.15) is 5.75 Å². The molecule has 0 aliphatic rings. The highest BCUT2D eigenvalue weighted by Gasteiger charge is 2.30. The van der Waals surface area contributed by atoms with Crippen LogP contribution >= 0.6 is 15.9 Å². The predicted octanol–water partition coefficient (Wildman–Crippen LogP) is 3.14. The quantitative estimate of drug-likeness (QED) is 0.819. The fraction of sp³-hybridized carbons (Fsp3) is 0.467. The smallest absolute Gasteiger partial charge is 0.309 e. The van der Waals surface area contributed by atoms with E-state index in [1.165, 1.54) is 13.8 Å². The van der Waals surface area contributed by atoms with E-state index >= 15 is 0 Å². The van der Waals surface area contributed by atoms with Gasteiger partial charge in [-0.15, -0.1) is 0 Å². The van der Waals surface area contributed by atoms with Crippen LogP contribution in [0.3, 0.4) is 0 Å². The normalized spacial score (nSPS) is 12.6. The highest BCUT2D eigenvalue weighted by molar-refractivity contribution is 9.10. The van der Waals surface area contributed by atoms with Crippen LogP contribution < -0.4 is 10.1 Å². The minimum absolute atomic E-state index is 0.0655. The summed E-state index contributed by atoms with van der Waals surface area (Å²) < 4.78 is 5.95. The van der Waals surface area contributed by atoms with Gasteiger partial charge in [0, 0.05) is 6.42 Å². The van der Waals surface area contributed by atoms with Crippen LogP contribution in [0.5, 0.6) is 5.75 Å². The Morgan fingerprint density at radius 1 is 1.43 bits per heavy atom. The van der Waals surface area contributed by atoms with Crippen molar-refractivity contribution in [1.29, 1.82) is 0 Å². The zero-order valence-corrected chi connectivity index (χ0v) is 14.2. The Bertz CT molecular complexity index is 542. The third-order valence-corrected chi connectivity index (χ3v) is 3.85. The number of hydrogen-bond acceptors (Lipinski definition) is 3. The van der Waals surface area contributed by atoms with Crippen LogP contribution in [-0.4, -0.2) is 24.1 Å². The van der Waals surface area contributed by atoms with Gasteiger partial charge in [-0.3, -0.25) is 9.59 Å². The number of ether oxygens (including phenoxy) is 1. The van der Waals surface area contributed by atoms with E-state index in [2.05, 4.69) is 21.2 Å². The summed E-state index contributed by atoms with van der Waals surface area (Å²) in [6, 6.07) is 5.32. The van der Waals surface area contributed by atoms with Crippen LogP contribution in [0.4, 0.5) is 0 Å². The number of hydrogen-bond donors (Lipinski definition) is 2. The van der Waals surface area contributed by atoms with Crippen LogP contribution in [0.15, 0.2) is 22.7 Å². The van der Waals surface area contributed by atoms with Crippen molar-refractivity contribution < 1.29 is 19.4 Å². The molecular formula is C15H20BrNO4. The summed E-state index contributed by atoms with van der Waals surface area (Å²) in [5.74, 6) is -0.566. The van der Waals surface area contributed by atoms with Gasteiger partial charge in [0.05, 0.1) is 23.0 Å². The van der Waals surface area contributed by atoms with Crippen molar-refractivity contribution in [2.45, 2.75) is 33.2 Å². The van der Waals surface area contributed by atoms with Gasteiger partial charge < -0.3 is 15.2 Å². The average Bonchev–Trinajstić information content (AvgIpc) is 2.37. The maximum atomic E-state index is 11.9. The lowest BCUT2D eigenvalue weighted by Gasteiger charge is -2.21. The van der Waals surface area contributed by atoms with E-state index in [1.807, 2.05) is 25.1 Å². The number of methoxy groups -OCH3 is 1. The Hall–Kier alpha value is -1.56. The van der Waals surface area contributed by atoms with Gasteiger partial charge in [0.25, 0.3) is 0 Å². The van der Waals surface area contributed by atoms with Crippen molar-refractivity contribution in [1.82, 2.24) is 5.32 Å². The standard InChI is InChI=1S/C15H20BrNO4/c1-9(10-5-6-12(21-4)11(16)7-10)17-13(18)8-15(2,3)14(19)20/h5-7,9H,8H2,1-4H3,(H,17,18)(H,19,20). The Balaban J connectivity index is 2.73. The van der Waals surface area contributed by atoms with Crippen LogP contribution in [0, 0.1) is 5.41 Å². The Morgan fingerprint density at radius 3 is 2.52 bits per heavy atom. The molecule has 1 unspecified atom stereocenters.